The van der Waals surface area contributed by atoms with Crippen molar-refractivity contribution < 1.29 is 12.3 Å². The van der Waals surface area contributed by atoms with Gasteiger partial charge in [-0.05, 0) is 12.3 Å². The van der Waals surface area contributed by atoms with Gasteiger partial charge in [0.2, 0.25) is 0 Å². The Morgan fingerprint density at radius 1 is 1.50 bits per heavy atom. The van der Waals surface area contributed by atoms with Crippen LogP contribution < -0.4 is 0 Å². The van der Waals surface area contributed by atoms with Crippen LogP contribution in [-0.4, -0.2) is 17.8 Å². The maximum absolute atomic E-state index is 13.4. The van der Waals surface area contributed by atoms with Crippen LogP contribution in [0.5, 0.6) is 0 Å². The molecule has 2 aromatic rings. The van der Waals surface area contributed by atoms with Crippen LogP contribution >= 0.6 is 11.3 Å². The number of aryl methyl sites for hydroxylation is 1. The Bertz CT molecular complexity index is 671. The van der Waals surface area contributed by atoms with Gasteiger partial charge in [0.15, 0.2) is 9.99 Å². The average Bonchev–Trinajstić information content (AvgIpc) is 2.72. The van der Waals surface area contributed by atoms with Gasteiger partial charge in [0.05, 0.1) is 5.69 Å². The van der Waals surface area contributed by atoms with Gasteiger partial charge < -0.3 is 0 Å². The molecule has 100 valence electrons. The van der Waals surface area contributed by atoms with E-state index >= 15 is 0 Å². The van der Waals surface area contributed by atoms with Crippen molar-refractivity contribution in [2.45, 2.75) is 44.6 Å². The summed E-state index contributed by atoms with van der Waals surface area (Å²) in [5.41, 5.74) is 0.321. The van der Waals surface area contributed by atoms with E-state index in [-0.39, 0.29) is 10.9 Å². The quantitative estimate of drug-likeness (QED) is 0.813. The second-order valence-corrected chi connectivity index (χ2v) is 6.80. The standard InChI is InChI=1S/C11H15FN2O2S2/c1-4-5-8-10(18(12,15)16)14-6-9(7(2)3)17-11(14)13-8/h6-7H,4-5H2,1-3H3. The minimum atomic E-state index is -4.74. The van der Waals surface area contributed by atoms with Crippen LogP contribution in [0.1, 0.15) is 43.7 Å². The number of rotatable bonds is 4. The fraction of sp³-hybridized carbons (Fsp3) is 0.545. The second-order valence-electron chi connectivity index (χ2n) is 4.49. The van der Waals surface area contributed by atoms with Crippen LogP contribution in [0.2, 0.25) is 0 Å². The molecule has 0 aliphatic rings. The number of fused-ring (bicyclic) bond motifs is 1. The van der Waals surface area contributed by atoms with Gasteiger partial charge in [-0.15, -0.1) is 11.3 Å². The van der Waals surface area contributed by atoms with Gasteiger partial charge in [0.25, 0.3) is 0 Å². The number of halogens is 1. The van der Waals surface area contributed by atoms with Crippen molar-refractivity contribution in [3.8, 4) is 0 Å². The molecule has 7 heteroatoms. The summed E-state index contributed by atoms with van der Waals surface area (Å²) in [6.45, 7) is 5.91. The smallest absolute Gasteiger partial charge is 0.278 e. The molecule has 0 radical (unpaired) electrons. The van der Waals surface area contributed by atoms with Crippen molar-refractivity contribution in [3.63, 3.8) is 0 Å². The summed E-state index contributed by atoms with van der Waals surface area (Å²) in [5, 5.41) is -0.303. The fourth-order valence-electron chi connectivity index (χ4n) is 1.81. The van der Waals surface area contributed by atoms with E-state index in [0.717, 1.165) is 11.3 Å². The summed E-state index contributed by atoms with van der Waals surface area (Å²) < 4.78 is 37.3. The molecule has 2 heterocycles. The highest BCUT2D eigenvalue weighted by atomic mass is 32.3. The third kappa shape index (κ3) is 2.29. The molecule has 2 rings (SSSR count). The van der Waals surface area contributed by atoms with Gasteiger partial charge in [0, 0.05) is 11.1 Å². The Morgan fingerprint density at radius 3 is 2.67 bits per heavy atom. The average molecular weight is 290 g/mol. The van der Waals surface area contributed by atoms with Crippen molar-refractivity contribution in [3.05, 3.63) is 16.8 Å². The maximum atomic E-state index is 13.4. The highest BCUT2D eigenvalue weighted by molar-refractivity contribution is 7.86. The lowest BCUT2D eigenvalue weighted by atomic mass is 10.2. The first-order valence-electron chi connectivity index (χ1n) is 5.80. The molecule has 0 amide bonds. The molecule has 0 saturated heterocycles. The van der Waals surface area contributed by atoms with E-state index in [1.807, 2.05) is 20.8 Å². The predicted octanol–water partition coefficient (Wildman–Crippen LogP) is 3.13. The lowest BCUT2D eigenvalue weighted by molar-refractivity contribution is 0.544. The van der Waals surface area contributed by atoms with Crippen molar-refractivity contribution in [1.82, 2.24) is 9.38 Å². The van der Waals surface area contributed by atoms with Crippen molar-refractivity contribution in [2.75, 3.05) is 0 Å². The third-order valence-corrected chi connectivity index (χ3v) is 4.83. The van der Waals surface area contributed by atoms with Crippen LogP contribution in [0.3, 0.4) is 0 Å². The van der Waals surface area contributed by atoms with E-state index in [2.05, 4.69) is 4.98 Å². The topological polar surface area (TPSA) is 51.4 Å². The van der Waals surface area contributed by atoms with E-state index in [1.165, 1.54) is 15.7 Å². The lowest BCUT2D eigenvalue weighted by Crippen LogP contribution is -2.01. The Kier molecular flexibility index (Phi) is 3.46. The molecule has 0 bridgehead atoms. The molecule has 0 N–H and O–H groups in total. The van der Waals surface area contributed by atoms with Crippen LogP contribution in [0.4, 0.5) is 3.89 Å². The van der Waals surface area contributed by atoms with Gasteiger partial charge in [-0.2, -0.15) is 8.42 Å². The second kappa shape index (κ2) is 4.62. The molecule has 0 aromatic carbocycles. The predicted molar refractivity (Wildman–Crippen MR) is 69.4 cm³/mol. The monoisotopic (exact) mass is 290 g/mol. The summed E-state index contributed by atoms with van der Waals surface area (Å²) in [4.78, 5) is 5.77. The Labute approximate surface area is 110 Å². The molecule has 0 unspecified atom stereocenters. The van der Waals surface area contributed by atoms with Gasteiger partial charge in [-0.25, -0.2) is 4.98 Å². The lowest BCUT2D eigenvalue weighted by Gasteiger charge is -1.99. The van der Waals surface area contributed by atoms with E-state index in [0.29, 0.717) is 17.1 Å². The SMILES string of the molecule is CCCc1nc2sc(C(C)C)cn2c1S(=O)(=O)F. The maximum Gasteiger partial charge on any atom is 0.350 e. The molecule has 18 heavy (non-hydrogen) atoms. The van der Waals surface area contributed by atoms with Crippen LogP contribution in [0.25, 0.3) is 4.96 Å². The van der Waals surface area contributed by atoms with E-state index < -0.39 is 10.2 Å². The summed E-state index contributed by atoms with van der Waals surface area (Å²) in [6, 6.07) is 0. The minimum Gasteiger partial charge on any atom is -0.278 e. The van der Waals surface area contributed by atoms with Crippen molar-refractivity contribution in [2.24, 2.45) is 0 Å². The Morgan fingerprint density at radius 2 is 2.17 bits per heavy atom. The molecule has 0 aliphatic carbocycles. The number of nitrogens with zero attached hydrogens (tertiary/aromatic N) is 2. The zero-order chi connectivity index (χ0) is 13.5. The van der Waals surface area contributed by atoms with Gasteiger partial charge in [-0.1, -0.05) is 31.1 Å². The summed E-state index contributed by atoms with van der Waals surface area (Å²) in [6.07, 6.45) is 2.86. The molecule has 2 aromatic heterocycles. The van der Waals surface area contributed by atoms with Crippen molar-refractivity contribution >= 4 is 26.5 Å². The zero-order valence-electron chi connectivity index (χ0n) is 10.5. The molecule has 0 saturated carbocycles. The normalized spacial score (nSPS) is 12.7. The molecular weight excluding hydrogens is 275 g/mol. The van der Waals surface area contributed by atoms with Gasteiger partial charge >= 0.3 is 10.2 Å². The number of thiazole rings is 1. The molecular formula is C11H15FN2O2S2. The first-order valence-corrected chi connectivity index (χ1v) is 8.00. The fourth-order valence-corrected chi connectivity index (χ4v) is 3.68. The van der Waals surface area contributed by atoms with Crippen LogP contribution in [-0.2, 0) is 16.6 Å². The third-order valence-electron chi connectivity index (χ3n) is 2.65. The number of imidazole rings is 1. The van der Waals surface area contributed by atoms with Crippen molar-refractivity contribution in [1.29, 1.82) is 0 Å². The summed E-state index contributed by atoms with van der Waals surface area (Å²) >= 11 is 1.40. The highest BCUT2D eigenvalue weighted by Gasteiger charge is 2.25. The Balaban J connectivity index is 2.71. The van der Waals surface area contributed by atoms with E-state index in [1.54, 1.807) is 6.20 Å². The minimum absolute atomic E-state index is 0.265. The summed E-state index contributed by atoms with van der Waals surface area (Å²) in [5.74, 6) is 0.265. The van der Waals surface area contributed by atoms with Gasteiger partial charge in [-0.3, -0.25) is 4.40 Å². The van der Waals surface area contributed by atoms with E-state index in [4.69, 9.17) is 0 Å². The molecule has 0 spiro atoms. The Hall–Kier alpha value is -0.950. The highest BCUT2D eigenvalue weighted by Crippen LogP contribution is 2.30. The largest absolute Gasteiger partial charge is 0.350 e. The summed E-state index contributed by atoms with van der Waals surface area (Å²) in [7, 11) is -4.74. The first kappa shape index (κ1) is 13.5. The number of aromatic nitrogens is 2. The molecule has 0 atom stereocenters. The molecule has 0 aliphatic heterocycles. The van der Waals surface area contributed by atoms with Gasteiger partial charge in [0.1, 0.15) is 0 Å². The number of hydrogen-bond donors (Lipinski definition) is 0. The van der Waals surface area contributed by atoms with Crippen LogP contribution in [0.15, 0.2) is 11.2 Å². The first-order chi connectivity index (χ1) is 8.34. The van der Waals surface area contributed by atoms with Crippen LogP contribution in [0, 0.1) is 0 Å². The molecule has 0 fully saturated rings. The zero-order valence-corrected chi connectivity index (χ0v) is 12.1. The van der Waals surface area contributed by atoms with E-state index in [9.17, 15) is 12.3 Å². The number of hydrogen-bond acceptors (Lipinski definition) is 4. The molecule has 4 nitrogen and oxygen atoms in total.